The predicted octanol–water partition coefficient (Wildman–Crippen LogP) is 2.29. The second kappa shape index (κ2) is 7.74. The molecule has 1 saturated heterocycles. The molecule has 1 aliphatic heterocycles. The molecule has 0 spiro atoms. The molecule has 2 atom stereocenters. The molecule has 0 unspecified atom stereocenters. The van der Waals surface area contributed by atoms with Gasteiger partial charge < -0.3 is 23.8 Å². The molecule has 26 heavy (non-hydrogen) atoms. The number of imidazole rings is 1. The number of ether oxygens (including phenoxy) is 2. The third kappa shape index (κ3) is 3.80. The van der Waals surface area contributed by atoms with E-state index in [1.165, 1.54) is 4.90 Å². The van der Waals surface area contributed by atoms with E-state index in [9.17, 15) is 4.79 Å². The monoisotopic (exact) mass is 374 g/mol. The molecule has 1 aliphatic rings. The number of amides is 1. The first kappa shape index (κ1) is 18.2. The molecule has 0 radical (unpaired) electrons. The van der Waals surface area contributed by atoms with Crippen molar-refractivity contribution in [2.75, 3.05) is 27.7 Å². The van der Waals surface area contributed by atoms with Gasteiger partial charge in [-0.3, -0.25) is 0 Å². The van der Waals surface area contributed by atoms with Gasteiger partial charge in [0.05, 0.1) is 0 Å². The van der Waals surface area contributed by atoms with Gasteiger partial charge in [-0.1, -0.05) is 30.3 Å². The molecule has 0 saturated carbocycles. The van der Waals surface area contributed by atoms with Crippen LogP contribution >= 0.6 is 12.2 Å². The number of hydrogen-bond donors (Lipinski definition) is 0. The number of cyclic esters (lactones) is 1. The maximum Gasteiger partial charge on any atom is 0.410 e. The number of nitrogens with zero attached hydrogens (tertiary/aromatic N) is 4. The molecule has 2 aromatic rings. The maximum absolute atomic E-state index is 11.8. The van der Waals surface area contributed by atoms with Crippen LogP contribution in [0.1, 0.15) is 17.5 Å². The average Bonchev–Trinajstić information content (AvgIpc) is 3.21. The molecule has 1 amide bonds. The molecular weight excluding hydrogens is 352 g/mol. The molecule has 138 valence electrons. The number of carbonyl (C=O) groups is 1. The van der Waals surface area contributed by atoms with E-state index in [2.05, 4.69) is 17.1 Å². The fourth-order valence-corrected chi connectivity index (χ4v) is 2.91. The van der Waals surface area contributed by atoms with Gasteiger partial charge in [0.1, 0.15) is 12.6 Å². The molecule has 3 rings (SSSR count). The topological polar surface area (TPSA) is 59.8 Å². The lowest BCUT2D eigenvalue weighted by Gasteiger charge is -2.29. The van der Waals surface area contributed by atoms with Crippen LogP contribution in [0.3, 0.4) is 0 Å². The number of thiocarbonyl (C=S) groups is 1. The number of benzene rings is 1. The second-order valence-electron chi connectivity index (χ2n) is 6.35. The lowest BCUT2D eigenvalue weighted by atomic mass is 10.1. The van der Waals surface area contributed by atoms with Crippen LogP contribution in [-0.2, 0) is 16.0 Å². The van der Waals surface area contributed by atoms with E-state index in [0.717, 1.165) is 5.56 Å². The molecule has 0 aliphatic carbocycles. The van der Waals surface area contributed by atoms with E-state index in [0.29, 0.717) is 17.5 Å². The highest BCUT2D eigenvalue weighted by atomic mass is 32.1. The SMILES string of the molecule is CN(C)C(=S)O[C@H](c1nccn1Cc1ccccc1)[C@@H]1COC(=O)N1C. The van der Waals surface area contributed by atoms with E-state index in [-0.39, 0.29) is 18.7 Å². The Bertz CT molecular complexity index is 778. The minimum Gasteiger partial charge on any atom is -0.457 e. The van der Waals surface area contributed by atoms with Crippen LogP contribution in [0.5, 0.6) is 0 Å². The van der Waals surface area contributed by atoms with Gasteiger partial charge in [0.25, 0.3) is 5.17 Å². The van der Waals surface area contributed by atoms with E-state index < -0.39 is 6.10 Å². The Morgan fingerprint density at radius 1 is 1.42 bits per heavy atom. The third-order valence-corrected chi connectivity index (χ3v) is 4.76. The van der Waals surface area contributed by atoms with E-state index in [1.807, 2.05) is 43.1 Å². The molecular formula is C18H22N4O3S. The van der Waals surface area contributed by atoms with Gasteiger partial charge in [-0.15, -0.1) is 0 Å². The summed E-state index contributed by atoms with van der Waals surface area (Å²) in [5, 5.41) is 0.331. The van der Waals surface area contributed by atoms with Crippen LogP contribution < -0.4 is 0 Å². The summed E-state index contributed by atoms with van der Waals surface area (Å²) in [6.45, 7) is 0.879. The van der Waals surface area contributed by atoms with Crippen LogP contribution in [0.25, 0.3) is 0 Å². The zero-order valence-corrected chi connectivity index (χ0v) is 15.8. The largest absolute Gasteiger partial charge is 0.457 e. The Balaban J connectivity index is 1.91. The highest BCUT2D eigenvalue weighted by Gasteiger charge is 2.40. The fourth-order valence-electron chi connectivity index (χ4n) is 2.80. The van der Waals surface area contributed by atoms with Crippen molar-refractivity contribution < 1.29 is 14.3 Å². The van der Waals surface area contributed by atoms with Crippen molar-refractivity contribution >= 4 is 23.5 Å². The van der Waals surface area contributed by atoms with Gasteiger partial charge in [0, 0.05) is 40.1 Å². The van der Waals surface area contributed by atoms with Crippen molar-refractivity contribution in [3.63, 3.8) is 0 Å². The molecule has 0 bridgehead atoms. The number of carbonyl (C=O) groups excluding carboxylic acids is 1. The van der Waals surface area contributed by atoms with Crippen molar-refractivity contribution in [1.82, 2.24) is 19.4 Å². The van der Waals surface area contributed by atoms with Crippen molar-refractivity contribution in [3.8, 4) is 0 Å². The van der Waals surface area contributed by atoms with Crippen LogP contribution in [0.4, 0.5) is 4.79 Å². The van der Waals surface area contributed by atoms with E-state index in [4.69, 9.17) is 21.7 Å². The van der Waals surface area contributed by atoms with Gasteiger partial charge in [-0.25, -0.2) is 9.78 Å². The van der Waals surface area contributed by atoms with Crippen LogP contribution in [0.2, 0.25) is 0 Å². The van der Waals surface area contributed by atoms with Gasteiger partial charge in [0.15, 0.2) is 11.9 Å². The Morgan fingerprint density at radius 3 is 2.77 bits per heavy atom. The van der Waals surface area contributed by atoms with E-state index in [1.54, 1.807) is 18.1 Å². The summed E-state index contributed by atoms with van der Waals surface area (Å²) in [5.41, 5.74) is 1.15. The molecule has 8 heteroatoms. The Morgan fingerprint density at radius 2 is 2.15 bits per heavy atom. The third-order valence-electron chi connectivity index (χ3n) is 4.30. The summed E-state index contributed by atoms with van der Waals surface area (Å²) in [6.07, 6.45) is 2.72. The molecule has 1 fully saturated rings. The highest BCUT2D eigenvalue weighted by molar-refractivity contribution is 7.80. The van der Waals surface area contributed by atoms with Gasteiger partial charge in [-0.05, 0) is 17.8 Å². The lowest BCUT2D eigenvalue weighted by molar-refractivity contribution is 0.0861. The molecule has 0 N–H and O–H groups in total. The highest BCUT2D eigenvalue weighted by Crippen LogP contribution is 2.28. The number of likely N-dealkylation sites (N-methyl/N-ethyl adjacent to an activating group) is 1. The van der Waals surface area contributed by atoms with E-state index >= 15 is 0 Å². The summed E-state index contributed by atoms with van der Waals surface area (Å²) < 4.78 is 13.2. The summed E-state index contributed by atoms with van der Waals surface area (Å²) in [6, 6.07) is 9.78. The van der Waals surface area contributed by atoms with Crippen LogP contribution in [-0.4, -0.2) is 64.4 Å². The van der Waals surface area contributed by atoms with Crippen molar-refractivity contribution in [1.29, 1.82) is 0 Å². The first-order chi connectivity index (χ1) is 12.5. The predicted molar refractivity (Wildman–Crippen MR) is 101 cm³/mol. The summed E-state index contributed by atoms with van der Waals surface area (Å²) in [4.78, 5) is 19.6. The summed E-state index contributed by atoms with van der Waals surface area (Å²) >= 11 is 5.33. The van der Waals surface area contributed by atoms with Crippen LogP contribution in [0.15, 0.2) is 42.7 Å². The maximum atomic E-state index is 11.8. The van der Waals surface area contributed by atoms with Gasteiger partial charge in [-0.2, -0.15) is 0 Å². The molecule has 7 nitrogen and oxygen atoms in total. The zero-order chi connectivity index (χ0) is 18.7. The number of rotatable bonds is 5. The Kier molecular flexibility index (Phi) is 5.41. The normalized spacial score (nSPS) is 17.7. The van der Waals surface area contributed by atoms with Gasteiger partial charge in [0.2, 0.25) is 0 Å². The lowest BCUT2D eigenvalue weighted by Crippen LogP contribution is -2.39. The van der Waals surface area contributed by atoms with Crippen molar-refractivity contribution in [3.05, 3.63) is 54.1 Å². The summed E-state index contributed by atoms with van der Waals surface area (Å²) in [5.74, 6) is 0.702. The standard InChI is InChI=1S/C18H22N4O3S/c1-20(2)18(26)25-15(14-12-24-17(23)21(14)3)16-19-9-10-22(16)11-13-7-5-4-6-8-13/h4-10,14-15H,11-12H2,1-3H3/t14-,15-/m0/s1. The Hall–Kier alpha value is -2.61. The van der Waals surface area contributed by atoms with Crippen molar-refractivity contribution in [2.45, 2.75) is 18.7 Å². The minimum atomic E-state index is -0.528. The molecule has 1 aromatic heterocycles. The quantitative estimate of drug-likeness (QED) is 0.749. The number of aromatic nitrogens is 2. The Labute approximate surface area is 158 Å². The smallest absolute Gasteiger partial charge is 0.410 e. The number of hydrogen-bond acceptors (Lipinski definition) is 5. The van der Waals surface area contributed by atoms with Crippen LogP contribution in [0, 0.1) is 0 Å². The molecule has 1 aromatic carbocycles. The summed E-state index contributed by atoms with van der Waals surface area (Å²) in [7, 11) is 5.32. The van der Waals surface area contributed by atoms with Gasteiger partial charge >= 0.3 is 6.09 Å². The fraction of sp³-hybridized carbons (Fsp3) is 0.389. The zero-order valence-electron chi connectivity index (χ0n) is 15.0. The van der Waals surface area contributed by atoms with Crippen molar-refractivity contribution in [2.24, 2.45) is 0 Å². The second-order valence-corrected chi connectivity index (χ2v) is 6.70. The first-order valence-electron chi connectivity index (χ1n) is 8.30. The average molecular weight is 374 g/mol. The first-order valence-corrected chi connectivity index (χ1v) is 8.70. The molecule has 2 heterocycles. The minimum absolute atomic E-state index is 0.230.